The maximum Gasteiger partial charge on any atom is -0.00460 e. The van der Waals surface area contributed by atoms with E-state index in [4.69, 9.17) is 11.5 Å². The molecule has 2 rings (SSSR count). The second-order valence-corrected chi connectivity index (χ2v) is 4.23. The molecule has 64 valence electrons. The van der Waals surface area contributed by atoms with Crippen LogP contribution >= 0.6 is 0 Å². The average molecular weight is 154 g/mol. The third-order valence-electron chi connectivity index (χ3n) is 3.69. The fraction of sp³-hybridized carbons (Fsp3) is 1.00. The minimum absolute atomic E-state index is 0.808. The van der Waals surface area contributed by atoms with Gasteiger partial charge in [0, 0.05) is 0 Å². The van der Waals surface area contributed by atoms with Crippen LogP contribution in [0.5, 0.6) is 0 Å². The molecule has 2 atom stereocenters. The van der Waals surface area contributed by atoms with Crippen molar-refractivity contribution in [3.05, 3.63) is 0 Å². The van der Waals surface area contributed by atoms with E-state index in [0.29, 0.717) is 0 Å². The van der Waals surface area contributed by atoms with E-state index in [0.717, 1.165) is 36.8 Å². The van der Waals surface area contributed by atoms with Gasteiger partial charge in [0.1, 0.15) is 0 Å². The molecule has 0 aromatic rings. The molecule has 0 aromatic heterocycles. The highest BCUT2D eigenvalue weighted by molar-refractivity contribution is 4.95. The fourth-order valence-corrected chi connectivity index (χ4v) is 3.19. The van der Waals surface area contributed by atoms with Crippen LogP contribution in [0.1, 0.15) is 19.3 Å². The fourth-order valence-electron chi connectivity index (χ4n) is 3.19. The van der Waals surface area contributed by atoms with E-state index in [1.165, 1.54) is 19.3 Å². The van der Waals surface area contributed by atoms with Gasteiger partial charge in [0.2, 0.25) is 0 Å². The minimum atomic E-state index is 0.808. The lowest BCUT2D eigenvalue weighted by Gasteiger charge is -2.27. The van der Waals surface area contributed by atoms with Gasteiger partial charge in [-0.25, -0.2) is 0 Å². The predicted octanol–water partition coefficient (Wildman–Crippen LogP) is 0.566. The van der Waals surface area contributed by atoms with Crippen LogP contribution in [-0.2, 0) is 0 Å². The molecule has 2 heteroatoms. The third kappa shape index (κ3) is 1.09. The van der Waals surface area contributed by atoms with Gasteiger partial charge in [-0.3, -0.25) is 0 Å². The lowest BCUT2D eigenvalue weighted by atomic mass is 9.81. The summed E-state index contributed by atoms with van der Waals surface area (Å²) in [6, 6.07) is 0. The molecule has 2 unspecified atom stereocenters. The molecule has 0 aromatic carbocycles. The summed E-state index contributed by atoms with van der Waals surface area (Å²) in [4.78, 5) is 0. The summed E-state index contributed by atoms with van der Waals surface area (Å²) in [7, 11) is 0. The molecule has 0 radical (unpaired) electrons. The van der Waals surface area contributed by atoms with Gasteiger partial charge >= 0.3 is 0 Å². The Morgan fingerprint density at radius 3 is 1.82 bits per heavy atom. The molecule has 2 aliphatic carbocycles. The summed E-state index contributed by atoms with van der Waals surface area (Å²) in [5, 5.41) is 0. The summed E-state index contributed by atoms with van der Waals surface area (Å²) in [6.07, 6.45) is 4.19. The topological polar surface area (TPSA) is 52.0 Å². The van der Waals surface area contributed by atoms with Gasteiger partial charge in [-0.05, 0) is 56.0 Å². The van der Waals surface area contributed by atoms with Crippen LogP contribution in [-0.4, -0.2) is 13.1 Å². The molecule has 2 saturated carbocycles. The molecular formula is C9H18N2. The first kappa shape index (κ1) is 7.56. The number of rotatable bonds is 2. The van der Waals surface area contributed by atoms with Crippen molar-refractivity contribution in [2.45, 2.75) is 19.3 Å². The smallest absolute Gasteiger partial charge is 0.00460 e. The largest absolute Gasteiger partial charge is 0.330 e. The Morgan fingerprint density at radius 1 is 0.909 bits per heavy atom. The van der Waals surface area contributed by atoms with Crippen molar-refractivity contribution in [3.63, 3.8) is 0 Å². The SMILES string of the molecule is NCC1CC2CC(CN)C1C2. The van der Waals surface area contributed by atoms with Crippen molar-refractivity contribution in [2.24, 2.45) is 35.1 Å². The standard InChI is InChI=1S/C9H18N2/c10-4-7-1-6-2-8(5-11)9(7)3-6/h6-9H,1-5,10-11H2. The van der Waals surface area contributed by atoms with Gasteiger partial charge in [0.15, 0.2) is 0 Å². The lowest BCUT2D eigenvalue weighted by Crippen LogP contribution is -2.30. The van der Waals surface area contributed by atoms with E-state index in [1.54, 1.807) is 0 Å². The van der Waals surface area contributed by atoms with E-state index in [-0.39, 0.29) is 0 Å². The highest BCUT2D eigenvalue weighted by Gasteiger charge is 2.44. The van der Waals surface area contributed by atoms with Crippen molar-refractivity contribution < 1.29 is 0 Å². The first-order valence-corrected chi connectivity index (χ1v) is 4.75. The minimum Gasteiger partial charge on any atom is -0.330 e. The molecule has 0 amide bonds. The van der Waals surface area contributed by atoms with Crippen LogP contribution in [0.3, 0.4) is 0 Å². The van der Waals surface area contributed by atoms with Crippen LogP contribution in [0, 0.1) is 23.7 Å². The Morgan fingerprint density at radius 2 is 1.45 bits per heavy atom. The van der Waals surface area contributed by atoms with Gasteiger partial charge < -0.3 is 11.5 Å². The quantitative estimate of drug-likeness (QED) is 0.611. The molecule has 0 saturated heterocycles. The van der Waals surface area contributed by atoms with E-state index in [1.807, 2.05) is 0 Å². The Hall–Kier alpha value is -0.0800. The third-order valence-corrected chi connectivity index (χ3v) is 3.69. The van der Waals surface area contributed by atoms with Crippen LogP contribution < -0.4 is 11.5 Å². The maximum absolute atomic E-state index is 5.70. The van der Waals surface area contributed by atoms with Crippen molar-refractivity contribution in [1.82, 2.24) is 0 Å². The number of fused-ring (bicyclic) bond motifs is 2. The molecule has 4 N–H and O–H groups in total. The Kier molecular flexibility index (Phi) is 1.90. The molecule has 11 heavy (non-hydrogen) atoms. The zero-order valence-electron chi connectivity index (χ0n) is 7.00. The van der Waals surface area contributed by atoms with Gasteiger partial charge in [-0.1, -0.05) is 0 Å². The van der Waals surface area contributed by atoms with Gasteiger partial charge in [-0.2, -0.15) is 0 Å². The monoisotopic (exact) mass is 154 g/mol. The Bertz CT molecular complexity index is 132. The van der Waals surface area contributed by atoms with Crippen molar-refractivity contribution in [2.75, 3.05) is 13.1 Å². The second-order valence-electron chi connectivity index (χ2n) is 4.23. The summed E-state index contributed by atoms with van der Waals surface area (Å²) >= 11 is 0. The Labute approximate surface area is 68.3 Å². The highest BCUT2D eigenvalue weighted by Crippen LogP contribution is 2.50. The van der Waals surface area contributed by atoms with Gasteiger partial charge in [0.05, 0.1) is 0 Å². The van der Waals surface area contributed by atoms with E-state index in [2.05, 4.69) is 0 Å². The van der Waals surface area contributed by atoms with Crippen molar-refractivity contribution in [3.8, 4) is 0 Å². The first-order valence-electron chi connectivity index (χ1n) is 4.75. The normalized spacial score (nSPS) is 48.5. The van der Waals surface area contributed by atoms with Crippen LogP contribution in [0.15, 0.2) is 0 Å². The lowest BCUT2D eigenvalue weighted by molar-refractivity contribution is 0.249. The summed E-state index contributed by atoms with van der Waals surface area (Å²) in [5.41, 5.74) is 11.4. The molecule has 0 aliphatic heterocycles. The molecule has 0 heterocycles. The zero-order valence-corrected chi connectivity index (χ0v) is 7.00. The number of hydrogen-bond donors (Lipinski definition) is 2. The molecule has 2 bridgehead atoms. The molecule has 0 spiro atoms. The molecular weight excluding hydrogens is 136 g/mol. The molecule has 2 aliphatic rings. The Balaban J connectivity index is 2.02. The van der Waals surface area contributed by atoms with Gasteiger partial charge in [-0.15, -0.1) is 0 Å². The first-order chi connectivity index (χ1) is 5.35. The van der Waals surface area contributed by atoms with Crippen LogP contribution in [0.4, 0.5) is 0 Å². The van der Waals surface area contributed by atoms with E-state index >= 15 is 0 Å². The van der Waals surface area contributed by atoms with Gasteiger partial charge in [0.25, 0.3) is 0 Å². The number of hydrogen-bond acceptors (Lipinski definition) is 2. The summed E-state index contributed by atoms with van der Waals surface area (Å²) in [5.74, 6) is 3.47. The van der Waals surface area contributed by atoms with E-state index < -0.39 is 0 Å². The molecule has 2 nitrogen and oxygen atoms in total. The average Bonchev–Trinajstić information content (AvgIpc) is 2.60. The van der Waals surface area contributed by atoms with Crippen molar-refractivity contribution >= 4 is 0 Å². The second kappa shape index (κ2) is 2.76. The highest BCUT2D eigenvalue weighted by atomic mass is 14.7. The summed E-state index contributed by atoms with van der Waals surface area (Å²) in [6.45, 7) is 1.77. The summed E-state index contributed by atoms with van der Waals surface area (Å²) < 4.78 is 0. The molecule has 2 fully saturated rings. The predicted molar refractivity (Wildman–Crippen MR) is 45.9 cm³/mol. The van der Waals surface area contributed by atoms with Crippen LogP contribution in [0.25, 0.3) is 0 Å². The zero-order chi connectivity index (χ0) is 7.84. The van der Waals surface area contributed by atoms with Crippen LogP contribution in [0.2, 0.25) is 0 Å². The van der Waals surface area contributed by atoms with E-state index in [9.17, 15) is 0 Å². The number of nitrogens with two attached hydrogens (primary N) is 2. The van der Waals surface area contributed by atoms with Crippen molar-refractivity contribution in [1.29, 1.82) is 0 Å². The maximum atomic E-state index is 5.70.